The van der Waals surface area contributed by atoms with Crippen LogP contribution in [0.2, 0.25) is 0 Å². The van der Waals surface area contributed by atoms with E-state index in [1.165, 1.54) is 6.39 Å². The maximum Gasteiger partial charge on any atom is 0.223 e. The molecular weight excluding hydrogens is 282 g/mol. The normalized spacial score (nSPS) is 21.5. The van der Waals surface area contributed by atoms with E-state index >= 15 is 0 Å². The minimum absolute atomic E-state index is 0.0287. The second kappa shape index (κ2) is 6.70. The molecule has 1 saturated carbocycles. The first kappa shape index (κ1) is 14.7. The fourth-order valence-electron chi connectivity index (χ4n) is 2.81. The summed E-state index contributed by atoms with van der Waals surface area (Å²) in [4.78, 5) is 16.1. The lowest BCUT2D eigenvalue weighted by Crippen LogP contribution is -2.34. The summed E-state index contributed by atoms with van der Waals surface area (Å²) < 4.78 is 4.72. The van der Waals surface area contributed by atoms with E-state index < -0.39 is 0 Å². The largest absolute Gasteiger partial charge is 0.393 e. The molecule has 1 amide bonds. The Morgan fingerprint density at radius 2 is 2.14 bits per heavy atom. The van der Waals surface area contributed by atoms with Crippen molar-refractivity contribution in [3.8, 4) is 11.4 Å². The number of amides is 1. The number of benzene rings is 1. The summed E-state index contributed by atoms with van der Waals surface area (Å²) in [7, 11) is 0. The number of aliphatic hydroxyl groups is 1. The van der Waals surface area contributed by atoms with E-state index in [1.807, 2.05) is 24.3 Å². The van der Waals surface area contributed by atoms with Crippen molar-refractivity contribution in [2.24, 2.45) is 5.92 Å². The van der Waals surface area contributed by atoms with Crippen LogP contribution in [0.1, 0.15) is 31.2 Å². The van der Waals surface area contributed by atoms with Crippen molar-refractivity contribution < 1.29 is 14.4 Å². The minimum Gasteiger partial charge on any atom is -0.393 e. The van der Waals surface area contributed by atoms with Gasteiger partial charge < -0.3 is 14.9 Å². The molecule has 116 valence electrons. The summed E-state index contributed by atoms with van der Waals surface area (Å²) in [5, 5.41) is 16.4. The Morgan fingerprint density at radius 1 is 1.32 bits per heavy atom. The third-order valence-corrected chi connectivity index (χ3v) is 4.06. The van der Waals surface area contributed by atoms with Gasteiger partial charge in [-0.1, -0.05) is 35.8 Å². The highest BCUT2D eigenvalue weighted by molar-refractivity contribution is 5.78. The van der Waals surface area contributed by atoms with Gasteiger partial charge in [0, 0.05) is 18.0 Å². The summed E-state index contributed by atoms with van der Waals surface area (Å²) in [6.45, 7) is 0.484. The number of carbonyl (C=O) groups is 1. The molecule has 1 heterocycles. The average Bonchev–Trinajstić information content (AvgIpc) is 3.07. The van der Waals surface area contributed by atoms with Crippen LogP contribution in [-0.4, -0.2) is 27.3 Å². The molecule has 1 aromatic carbocycles. The van der Waals surface area contributed by atoms with Crippen LogP contribution in [0, 0.1) is 5.92 Å². The van der Waals surface area contributed by atoms with Crippen LogP contribution in [-0.2, 0) is 11.3 Å². The molecule has 0 saturated heterocycles. The van der Waals surface area contributed by atoms with E-state index in [0.717, 1.165) is 30.4 Å². The fraction of sp³-hybridized carbons (Fsp3) is 0.438. The summed E-state index contributed by atoms with van der Waals surface area (Å²) in [6, 6.07) is 7.66. The lowest BCUT2D eigenvalue weighted by Gasteiger charge is -2.24. The summed E-state index contributed by atoms with van der Waals surface area (Å²) >= 11 is 0. The predicted molar refractivity (Wildman–Crippen MR) is 79.5 cm³/mol. The monoisotopic (exact) mass is 301 g/mol. The highest BCUT2D eigenvalue weighted by Crippen LogP contribution is 2.24. The van der Waals surface area contributed by atoms with Crippen molar-refractivity contribution in [2.45, 2.75) is 38.3 Å². The number of nitrogens with zero attached hydrogens (tertiary/aromatic N) is 2. The number of hydrogen-bond acceptors (Lipinski definition) is 5. The smallest absolute Gasteiger partial charge is 0.223 e. The highest BCUT2D eigenvalue weighted by Gasteiger charge is 2.25. The van der Waals surface area contributed by atoms with Gasteiger partial charge in [-0.15, -0.1) is 0 Å². The molecule has 0 unspecified atom stereocenters. The maximum absolute atomic E-state index is 12.1. The fourth-order valence-corrected chi connectivity index (χ4v) is 2.81. The number of aromatic nitrogens is 2. The maximum atomic E-state index is 12.1. The molecule has 1 fully saturated rings. The van der Waals surface area contributed by atoms with Gasteiger partial charge >= 0.3 is 0 Å². The van der Waals surface area contributed by atoms with E-state index in [9.17, 15) is 9.90 Å². The molecule has 0 bridgehead atoms. The summed E-state index contributed by atoms with van der Waals surface area (Å²) in [6.07, 6.45) is 4.11. The average molecular weight is 301 g/mol. The standard InChI is InChI=1S/C16H19N3O3/c20-14-3-1-2-13(8-14)16(21)17-9-11-4-6-12(7-5-11)15-18-10-22-19-15/h4-7,10,13-14,20H,1-3,8-9H2,(H,17,21)/t13-,14+/m1/s1. The molecule has 1 aliphatic carbocycles. The molecule has 1 aromatic heterocycles. The van der Waals surface area contributed by atoms with Gasteiger partial charge in [0.2, 0.25) is 18.1 Å². The van der Waals surface area contributed by atoms with Gasteiger partial charge in [-0.2, -0.15) is 4.98 Å². The SMILES string of the molecule is O=C(NCc1ccc(-c2ncon2)cc1)[C@@H]1CCC[C@H](O)C1. The number of carbonyl (C=O) groups excluding carboxylic acids is 1. The van der Waals surface area contributed by atoms with Crippen LogP contribution in [0.15, 0.2) is 35.2 Å². The zero-order chi connectivity index (χ0) is 15.4. The molecule has 0 spiro atoms. The van der Waals surface area contributed by atoms with E-state index in [2.05, 4.69) is 15.5 Å². The van der Waals surface area contributed by atoms with Crippen molar-refractivity contribution in [3.05, 3.63) is 36.2 Å². The van der Waals surface area contributed by atoms with Crippen LogP contribution in [0.5, 0.6) is 0 Å². The molecule has 0 radical (unpaired) electrons. The van der Waals surface area contributed by atoms with Gasteiger partial charge in [0.1, 0.15) is 0 Å². The zero-order valence-electron chi connectivity index (χ0n) is 12.2. The van der Waals surface area contributed by atoms with Crippen molar-refractivity contribution >= 4 is 5.91 Å². The van der Waals surface area contributed by atoms with E-state index in [0.29, 0.717) is 18.8 Å². The zero-order valence-corrected chi connectivity index (χ0v) is 12.2. The van der Waals surface area contributed by atoms with E-state index in [4.69, 9.17) is 4.52 Å². The first-order valence-electron chi connectivity index (χ1n) is 7.54. The van der Waals surface area contributed by atoms with Gasteiger partial charge in [0.25, 0.3) is 0 Å². The number of aliphatic hydroxyl groups excluding tert-OH is 1. The second-order valence-electron chi connectivity index (χ2n) is 5.69. The third-order valence-electron chi connectivity index (χ3n) is 4.06. The topological polar surface area (TPSA) is 88.3 Å². The molecule has 2 N–H and O–H groups in total. The first-order chi connectivity index (χ1) is 10.7. The first-order valence-corrected chi connectivity index (χ1v) is 7.54. The van der Waals surface area contributed by atoms with Crippen LogP contribution >= 0.6 is 0 Å². The Balaban J connectivity index is 1.54. The molecule has 6 heteroatoms. The Hall–Kier alpha value is -2.21. The van der Waals surface area contributed by atoms with Gasteiger partial charge in [0.15, 0.2) is 0 Å². The summed E-state index contributed by atoms with van der Waals surface area (Å²) in [5.41, 5.74) is 1.89. The molecule has 2 aromatic rings. The lowest BCUT2D eigenvalue weighted by atomic mass is 9.86. The van der Waals surface area contributed by atoms with E-state index in [-0.39, 0.29) is 17.9 Å². The Kier molecular flexibility index (Phi) is 4.48. The van der Waals surface area contributed by atoms with Crippen LogP contribution < -0.4 is 5.32 Å². The van der Waals surface area contributed by atoms with Gasteiger partial charge in [-0.05, 0) is 24.8 Å². The molecular formula is C16H19N3O3. The lowest BCUT2D eigenvalue weighted by molar-refractivity contribution is -0.127. The van der Waals surface area contributed by atoms with Crippen molar-refractivity contribution in [1.82, 2.24) is 15.5 Å². The molecule has 3 rings (SSSR count). The second-order valence-corrected chi connectivity index (χ2v) is 5.69. The quantitative estimate of drug-likeness (QED) is 0.900. The van der Waals surface area contributed by atoms with Crippen molar-refractivity contribution in [2.75, 3.05) is 0 Å². The van der Waals surface area contributed by atoms with Crippen LogP contribution in [0.25, 0.3) is 11.4 Å². The molecule has 6 nitrogen and oxygen atoms in total. The molecule has 1 aliphatic rings. The number of hydrogen-bond donors (Lipinski definition) is 2. The number of nitrogens with one attached hydrogen (secondary N) is 1. The van der Waals surface area contributed by atoms with Gasteiger partial charge in [-0.25, -0.2) is 0 Å². The third kappa shape index (κ3) is 3.51. The van der Waals surface area contributed by atoms with Gasteiger partial charge in [-0.3, -0.25) is 4.79 Å². The Bertz CT molecular complexity index is 610. The molecule has 0 aliphatic heterocycles. The minimum atomic E-state index is -0.334. The summed E-state index contributed by atoms with van der Waals surface area (Å²) in [5.74, 6) is 0.509. The van der Waals surface area contributed by atoms with E-state index in [1.54, 1.807) is 0 Å². The molecule has 2 atom stereocenters. The number of rotatable bonds is 4. The van der Waals surface area contributed by atoms with Crippen LogP contribution in [0.4, 0.5) is 0 Å². The highest BCUT2D eigenvalue weighted by atomic mass is 16.5. The van der Waals surface area contributed by atoms with Crippen molar-refractivity contribution in [3.63, 3.8) is 0 Å². The predicted octanol–water partition coefficient (Wildman–Crippen LogP) is 1.90. The van der Waals surface area contributed by atoms with Gasteiger partial charge in [0.05, 0.1) is 6.10 Å². The Labute approximate surface area is 128 Å². The molecule has 22 heavy (non-hydrogen) atoms. The van der Waals surface area contributed by atoms with Crippen LogP contribution in [0.3, 0.4) is 0 Å². The van der Waals surface area contributed by atoms with Crippen molar-refractivity contribution in [1.29, 1.82) is 0 Å². The Morgan fingerprint density at radius 3 is 2.82 bits per heavy atom.